The second kappa shape index (κ2) is 29.8. The van der Waals surface area contributed by atoms with E-state index in [4.69, 9.17) is 31.7 Å². The summed E-state index contributed by atoms with van der Waals surface area (Å²) in [5.74, 6) is 1.57. The van der Waals surface area contributed by atoms with Gasteiger partial charge in [-0.2, -0.15) is 15.3 Å². The smallest absolute Gasteiger partial charge is 0.144 e. The molecule has 27 heteroatoms. The molecule has 0 aliphatic rings. The van der Waals surface area contributed by atoms with E-state index in [2.05, 4.69) is 83.2 Å². The van der Waals surface area contributed by atoms with Crippen LogP contribution < -0.4 is 33.2 Å². The van der Waals surface area contributed by atoms with Crippen molar-refractivity contribution in [1.82, 2.24) is 59.2 Å². The number of oxime groups is 3. The molecular weight excluding hydrogens is 1190 g/mol. The highest BCUT2D eigenvalue weighted by Crippen LogP contribution is 2.29. The Morgan fingerprint density at radius 2 is 0.839 bits per heavy atom. The summed E-state index contributed by atoms with van der Waals surface area (Å²) in [6.45, 7) is 13.3. The average Bonchev–Trinajstić information content (AvgIpc) is 2.26. The molecule has 472 valence electrons. The number of nitrogens with two attached hydrogens (primary N) is 3. The first-order valence-corrected chi connectivity index (χ1v) is 28.9. The number of nitrogens with zero attached hydrogens (tertiary/aromatic N) is 15. The van der Waals surface area contributed by atoms with E-state index >= 15 is 0 Å². The van der Waals surface area contributed by atoms with Gasteiger partial charge in [-0.25, -0.2) is 43.1 Å². The van der Waals surface area contributed by atoms with E-state index in [9.17, 15) is 13.2 Å². The van der Waals surface area contributed by atoms with Crippen LogP contribution in [0.5, 0.6) is 0 Å². The number of anilines is 9. The van der Waals surface area contributed by atoms with Gasteiger partial charge >= 0.3 is 0 Å². The third-order valence-electron chi connectivity index (χ3n) is 13.5. The largest absolute Gasteiger partial charge is 0.396 e. The van der Waals surface area contributed by atoms with Crippen LogP contribution in [0.15, 0.2) is 193 Å². The van der Waals surface area contributed by atoms with E-state index in [-0.39, 0.29) is 35.7 Å². The Morgan fingerprint density at radius 1 is 0.484 bits per heavy atom. The van der Waals surface area contributed by atoms with E-state index in [1.165, 1.54) is 74.0 Å². The molecule has 12 aromatic rings. The van der Waals surface area contributed by atoms with Crippen LogP contribution in [0.2, 0.25) is 0 Å². The molecule has 6 aromatic carbocycles. The van der Waals surface area contributed by atoms with Gasteiger partial charge in [-0.05, 0) is 135 Å². The maximum atomic E-state index is 13.5. The summed E-state index contributed by atoms with van der Waals surface area (Å²) in [5.41, 5.74) is 26.8. The fourth-order valence-corrected chi connectivity index (χ4v) is 9.20. The highest BCUT2D eigenvalue weighted by Gasteiger charge is 2.16. The summed E-state index contributed by atoms with van der Waals surface area (Å²) >= 11 is 0. The van der Waals surface area contributed by atoms with Crippen LogP contribution in [0.3, 0.4) is 0 Å². The number of hydrogen-bond acceptors (Lipinski definition) is 21. The van der Waals surface area contributed by atoms with Crippen LogP contribution in [-0.4, -0.2) is 96.7 Å². The molecule has 12 rings (SSSR count). The molecule has 0 saturated heterocycles. The van der Waals surface area contributed by atoms with Gasteiger partial charge in [-0.3, -0.25) is 14.0 Å². The zero-order valence-corrected chi connectivity index (χ0v) is 50.9. The maximum absolute atomic E-state index is 13.5. The molecule has 6 aromatic heterocycles. The van der Waals surface area contributed by atoms with Gasteiger partial charge in [0.25, 0.3) is 0 Å². The predicted molar refractivity (Wildman–Crippen MR) is 356 cm³/mol. The summed E-state index contributed by atoms with van der Waals surface area (Å²) in [4.78, 5) is 40.3. The van der Waals surface area contributed by atoms with Crippen molar-refractivity contribution in [1.29, 1.82) is 0 Å². The van der Waals surface area contributed by atoms with E-state index in [0.29, 0.717) is 66.2 Å². The monoisotopic (exact) mass is 1260 g/mol. The Labute approximate surface area is 531 Å². The minimum atomic E-state index is -0.425. The second-order valence-electron chi connectivity index (χ2n) is 21.5. The van der Waals surface area contributed by atoms with Gasteiger partial charge in [0.05, 0.1) is 90.1 Å². The lowest BCUT2D eigenvalue weighted by atomic mass is 10.2. The molecule has 0 saturated carbocycles. The Hall–Kier alpha value is -12.3. The van der Waals surface area contributed by atoms with Crippen LogP contribution in [0.4, 0.5) is 65.1 Å². The molecule has 0 bridgehead atoms. The first-order valence-electron chi connectivity index (χ1n) is 28.9. The molecule has 0 unspecified atom stereocenters. The quantitative estimate of drug-likeness (QED) is 0.0168. The van der Waals surface area contributed by atoms with Crippen molar-refractivity contribution in [3.05, 3.63) is 228 Å². The Kier molecular flexibility index (Phi) is 20.4. The van der Waals surface area contributed by atoms with Crippen molar-refractivity contribution >= 4 is 103 Å². The van der Waals surface area contributed by atoms with Crippen molar-refractivity contribution in [3.8, 4) is 0 Å². The molecule has 0 fully saturated rings. The molecule has 0 aliphatic heterocycles. The zero-order chi connectivity index (χ0) is 65.3. The molecule has 0 radical (unpaired) electrons. The topological polar surface area (TPSA) is 310 Å². The van der Waals surface area contributed by atoms with Crippen LogP contribution in [0, 0.1) is 17.5 Å². The molecule has 24 nitrogen and oxygen atoms in total. The van der Waals surface area contributed by atoms with E-state index in [1.54, 1.807) is 42.9 Å². The van der Waals surface area contributed by atoms with Crippen LogP contribution in [0.25, 0.3) is 32.7 Å². The van der Waals surface area contributed by atoms with Gasteiger partial charge in [-0.15, -0.1) is 0 Å². The average molecular weight is 1260 g/mol. The van der Waals surface area contributed by atoms with E-state index < -0.39 is 5.60 Å². The third kappa shape index (κ3) is 17.1. The minimum Gasteiger partial charge on any atom is -0.396 e. The Balaban J connectivity index is 0.000000153. The number of fused-ring (bicyclic) bond motifs is 3. The zero-order valence-electron chi connectivity index (χ0n) is 50.9. The van der Waals surface area contributed by atoms with Gasteiger partial charge in [0.1, 0.15) is 90.2 Å². The van der Waals surface area contributed by atoms with Gasteiger partial charge in [0, 0.05) is 33.2 Å². The summed E-state index contributed by atoms with van der Waals surface area (Å²) in [6, 6.07) is 36.9. The fraction of sp³-hybridized carbons (Fsp3) is 0.152. The number of rotatable bonds is 21. The molecular formula is C66H64F3N21O3. The standard InChI is InChI=1S/C23H24FN7O.C22H20FN7O.C21H20FN7O/c1-23(2,3)32-29-12-19-21(25)26-14-27-22(19)30-18-7-8-20-16(10-18)11-28-31(20)13-15-5-4-6-17(24)9-15;1-2-8-31-28-12-19-21(24)25-14-26-22(19)29-18-6-7-20-16(10-18)11-27-30(20)13-15-4-3-5-17(23)9-15;1-2-30-27-11-18-20(23)24-13-25-21(18)28-17-6-7-19-15(9-17)10-26-29(19)12-14-4-3-5-16(22)8-14/h4-12,14H,13H2,1-3H3,(H3,25,26,27,30);2-7,9-12,14H,1,8,13H2,(H3,24,25,26,29);3-11,13H,2,12H2,1H3,(H3,23,24,25,28)/b29-12+;28-12+;27-11+. The molecule has 93 heavy (non-hydrogen) atoms. The first-order chi connectivity index (χ1) is 45.1. The highest BCUT2D eigenvalue weighted by atomic mass is 19.1. The summed E-state index contributed by atoms with van der Waals surface area (Å²) < 4.78 is 45.9. The van der Waals surface area contributed by atoms with Crippen LogP contribution in [-0.2, 0) is 34.1 Å². The molecule has 6 heterocycles. The van der Waals surface area contributed by atoms with Crippen molar-refractivity contribution in [2.75, 3.05) is 46.4 Å². The number of aromatic nitrogens is 12. The first kappa shape index (κ1) is 63.7. The molecule has 0 atom stereocenters. The van der Waals surface area contributed by atoms with Gasteiger partial charge in [0.15, 0.2) is 0 Å². The predicted octanol–water partition coefficient (Wildman–Crippen LogP) is 12.1. The van der Waals surface area contributed by atoms with Gasteiger partial charge in [0.2, 0.25) is 0 Å². The second-order valence-corrected chi connectivity index (χ2v) is 21.5. The molecule has 0 spiro atoms. The lowest BCUT2D eigenvalue weighted by Crippen LogP contribution is -2.15. The van der Waals surface area contributed by atoms with Gasteiger partial charge < -0.3 is 47.7 Å². The van der Waals surface area contributed by atoms with Crippen molar-refractivity contribution < 1.29 is 27.7 Å². The van der Waals surface area contributed by atoms with Crippen molar-refractivity contribution in [3.63, 3.8) is 0 Å². The van der Waals surface area contributed by atoms with Crippen molar-refractivity contribution in [2.45, 2.75) is 52.9 Å². The third-order valence-corrected chi connectivity index (χ3v) is 13.5. The SMILES string of the molecule is C=CCO/N=C/c1c(N)ncnc1Nc1ccc2c(cnn2Cc2cccc(F)c2)c1.CC(C)(C)O/N=C/c1c(N)ncnc1Nc1ccc2c(cnn2Cc2cccc(F)c2)c1.CCO/N=C/c1c(N)ncnc1Nc1ccc2c(cnn2Cc2cccc(F)c2)c1. The van der Waals surface area contributed by atoms with Gasteiger partial charge in [-0.1, -0.05) is 64.5 Å². The van der Waals surface area contributed by atoms with E-state index in [0.717, 1.165) is 66.5 Å². The molecule has 0 aliphatic carbocycles. The number of nitrogens with one attached hydrogen (secondary N) is 3. The number of benzene rings is 6. The summed E-state index contributed by atoms with van der Waals surface area (Å²) in [7, 11) is 0. The number of hydrogen-bond donors (Lipinski definition) is 6. The van der Waals surface area contributed by atoms with E-state index in [1.807, 2.05) is 115 Å². The lowest BCUT2D eigenvalue weighted by Gasteiger charge is -2.15. The lowest BCUT2D eigenvalue weighted by molar-refractivity contribution is 0.00199. The Morgan fingerprint density at radius 3 is 1.17 bits per heavy atom. The Bertz CT molecular complexity index is 4660. The maximum Gasteiger partial charge on any atom is 0.144 e. The fourth-order valence-electron chi connectivity index (χ4n) is 9.20. The van der Waals surface area contributed by atoms with Crippen LogP contribution >= 0.6 is 0 Å². The number of nitrogen functional groups attached to an aromatic ring is 3. The van der Waals surface area contributed by atoms with Crippen molar-refractivity contribution in [2.24, 2.45) is 15.5 Å². The molecule has 9 N–H and O–H groups in total. The summed E-state index contributed by atoms with van der Waals surface area (Å²) in [6.07, 6.45) is 15.5. The summed E-state index contributed by atoms with van der Waals surface area (Å²) in [5, 5.41) is 37.5. The van der Waals surface area contributed by atoms with Crippen LogP contribution in [0.1, 0.15) is 61.1 Å². The molecule has 0 amide bonds. The minimum absolute atomic E-state index is 0.261. The number of halogens is 3. The normalized spacial score (nSPS) is 11.4. The highest BCUT2D eigenvalue weighted by molar-refractivity contribution is 5.95.